The number of benzene rings is 1. The molecule has 1 N–H and O–H groups in total. The Morgan fingerprint density at radius 2 is 1.91 bits per heavy atom. The summed E-state index contributed by atoms with van der Waals surface area (Å²) in [6.45, 7) is 0.820. The molecule has 0 bridgehead atoms. The average Bonchev–Trinajstić information content (AvgIpc) is 3.18. The SMILES string of the molecule is O=S(=O)(Cc1ccccc1)NCCn1ccc(-c2cccs2)n1. The van der Waals surface area contributed by atoms with E-state index in [0.717, 1.165) is 16.1 Å². The van der Waals surface area contributed by atoms with Crippen molar-refractivity contribution in [3.05, 3.63) is 65.7 Å². The van der Waals surface area contributed by atoms with Crippen LogP contribution in [0.15, 0.2) is 60.1 Å². The number of aromatic nitrogens is 2. The van der Waals surface area contributed by atoms with E-state index in [4.69, 9.17) is 0 Å². The zero-order valence-electron chi connectivity index (χ0n) is 12.4. The van der Waals surface area contributed by atoms with Crippen LogP contribution in [0.4, 0.5) is 0 Å². The summed E-state index contributed by atoms with van der Waals surface area (Å²) in [4.78, 5) is 1.11. The van der Waals surface area contributed by atoms with Gasteiger partial charge in [0.05, 0.1) is 17.2 Å². The number of sulfonamides is 1. The summed E-state index contributed by atoms with van der Waals surface area (Å²) in [5, 5.41) is 6.45. The highest BCUT2D eigenvalue weighted by atomic mass is 32.2. The Morgan fingerprint density at radius 3 is 2.65 bits per heavy atom. The van der Waals surface area contributed by atoms with Crippen molar-refractivity contribution in [2.24, 2.45) is 0 Å². The first-order valence-electron chi connectivity index (χ1n) is 7.21. The quantitative estimate of drug-likeness (QED) is 0.715. The Labute approximate surface area is 139 Å². The van der Waals surface area contributed by atoms with Gasteiger partial charge >= 0.3 is 0 Å². The minimum Gasteiger partial charge on any atom is -0.271 e. The molecule has 0 unspecified atom stereocenters. The molecule has 0 saturated heterocycles. The van der Waals surface area contributed by atoms with E-state index in [-0.39, 0.29) is 5.75 Å². The van der Waals surface area contributed by atoms with Crippen LogP contribution in [0.5, 0.6) is 0 Å². The van der Waals surface area contributed by atoms with Crippen LogP contribution in [-0.2, 0) is 22.3 Å². The molecule has 3 aromatic rings. The molecule has 3 rings (SSSR count). The predicted octanol–water partition coefficient (Wildman–Crippen LogP) is 2.73. The van der Waals surface area contributed by atoms with Gasteiger partial charge in [-0.2, -0.15) is 5.10 Å². The molecule has 2 aromatic heterocycles. The van der Waals surface area contributed by atoms with Crippen LogP contribution in [0.2, 0.25) is 0 Å². The zero-order valence-corrected chi connectivity index (χ0v) is 14.1. The fraction of sp³-hybridized carbons (Fsp3) is 0.188. The zero-order chi connectivity index (χ0) is 16.1. The Balaban J connectivity index is 1.53. The lowest BCUT2D eigenvalue weighted by atomic mass is 10.2. The molecule has 0 aliphatic rings. The van der Waals surface area contributed by atoms with Crippen LogP contribution >= 0.6 is 11.3 Å². The highest BCUT2D eigenvalue weighted by molar-refractivity contribution is 7.88. The van der Waals surface area contributed by atoms with Gasteiger partial charge in [-0.3, -0.25) is 4.68 Å². The summed E-state index contributed by atoms with van der Waals surface area (Å²) in [6.07, 6.45) is 1.86. The van der Waals surface area contributed by atoms with Crippen LogP contribution in [0.25, 0.3) is 10.6 Å². The molecule has 0 amide bonds. The molecule has 2 heterocycles. The second-order valence-electron chi connectivity index (χ2n) is 5.08. The second-order valence-corrected chi connectivity index (χ2v) is 7.83. The Hall–Kier alpha value is -1.96. The minimum atomic E-state index is -3.33. The lowest BCUT2D eigenvalue weighted by Crippen LogP contribution is -2.28. The standard InChI is InChI=1S/C16H17N3O2S2/c20-23(21,13-14-5-2-1-3-6-14)17-9-11-19-10-8-15(18-19)16-7-4-12-22-16/h1-8,10,12,17H,9,11,13H2. The van der Waals surface area contributed by atoms with Crippen LogP contribution in [0, 0.1) is 0 Å². The third-order valence-electron chi connectivity index (χ3n) is 3.28. The minimum absolute atomic E-state index is 0.00656. The van der Waals surface area contributed by atoms with Gasteiger partial charge in [0.15, 0.2) is 0 Å². The maximum atomic E-state index is 12.0. The van der Waals surface area contributed by atoms with E-state index < -0.39 is 10.0 Å². The van der Waals surface area contributed by atoms with Crippen molar-refractivity contribution in [3.63, 3.8) is 0 Å². The summed E-state index contributed by atoms with van der Waals surface area (Å²) < 4.78 is 28.5. The topological polar surface area (TPSA) is 64.0 Å². The van der Waals surface area contributed by atoms with Crippen LogP contribution in [0.3, 0.4) is 0 Å². The largest absolute Gasteiger partial charge is 0.271 e. The Bertz CT molecular complexity index is 841. The van der Waals surface area contributed by atoms with Gasteiger partial charge in [0.1, 0.15) is 5.69 Å². The highest BCUT2D eigenvalue weighted by Gasteiger charge is 2.11. The van der Waals surface area contributed by atoms with Crippen LogP contribution in [0.1, 0.15) is 5.56 Å². The summed E-state index contributed by atoms with van der Waals surface area (Å²) in [5.41, 5.74) is 1.69. The molecule has 0 fully saturated rings. The number of hydrogen-bond donors (Lipinski definition) is 1. The third kappa shape index (κ3) is 4.51. The molecule has 0 aliphatic heterocycles. The van der Waals surface area contributed by atoms with Gasteiger partial charge in [-0.15, -0.1) is 11.3 Å². The Morgan fingerprint density at radius 1 is 1.09 bits per heavy atom. The van der Waals surface area contributed by atoms with E-state index in [0.29, 0.717) is 13.1 Å². The van der Waals surface area contributed by atoms with E-state index in [2.05, 4.69) is 9.82 Å². The molecule has 120 valence electrons. The van der Waals surface area contributed by atoms with Crippen LogP contribution < -0.4 is 4.72 Å². The van der Waals surface area contributed by atoms with Crippen molar-refractivity contribution < 1.29 is 8.42 Å². The smallest absolute Gasteiger partial charge is 0.215 e. The predicted molar refractivity (Wildman–Crippen MR) is 92.6 cm³/mol. The van der Waals surface area contributed by atoms with Crippen molar-refractivity contribution in [1.82, 2.24) is 14.5 Å². The van der Waals surface area contributed by atoms with Gasteiger partial charge in [0, 0.05) is 12.7 Å². The number of nitrogens with zero attached hydrogens (tertiary/aromatic N) is 2. The summed E-state index contributed by atoms with van der Waals surface area (Å²) >= 11 is 1.63. The molecule has 1 aromatic carbocycles. The summed E-state index contributed by atoms with van der Waals surface area (Å²) in [5.74, 6) is -0.00656. The van der Waals surface area contributed by atoms with E-state index in [1.54, 1.807) is 28.2 Å². The maximum absolute atomic E-state index is 12.0. The van der Waals surface area contributed by atoms with E-state index in [1.807, 2.05) is 48.0 Å². The molecule has 5 nitrogen and oxygen atoms in total. The molecule has 23 heavy (non-hydrogen) atoms. The monoisotopic (exact) mass is 347 g/mol. The fourth-order valence-corrected chi connectivity index (χ4v) is 4.03. The third-order valence-corrected chi connectivity index (χ3v) is 5.53. The first kappa shape index (κ1) is 15.9. The van der Waals surface area contributed by atoms with E-state index >= 15 is 0 Å². The van der Waals surface area contributed by atoms with Crippen molar-refractivity contribution in [3.8, 4) is 10.6 Å². The first-order valence-corrected chi connectivity index (χ1v) is 9.74. The molecular weight excluding hydrogens is 330 g/mol. The van der Waals surface area contributed by atoms with E-state index in [1.165, 1.54) is 0 Å². The summed E-state index contributed by atoms with van der Waals surface area (Å²) in [6, 6.07) is 15.1. The molecular formula is C16H17N3O2S2. The van der Waals surface area contributed by atoms with Gasteiger partial charge in [-0.05, 0) is 23.1 Å². The highest BCUT2D eigenvalue weighted by Crippen LogP contribution is 2.22. The number of nitrogens with one attached hydrogen (secondary N) is 1. The lowest BCUT2D eigenvalue weighted by Gasteiger charge is -2.07. The van der Waals surface area contributed by atoms with Crippen molar-refractivity contribution in [2.45, 2.75) is 12.3 Å². The van der Waals surface area contributed by atoms with Gasteiger partial charge in [0.2, 0.25) is 10.0 Å². The molecule has 0 atom stereocenters. The number of hydrogen-bond acceptors (Lipinski definition) is 4. The number of rotatable bonds is 7. The van der Waals surface area contributed by atoms with Crippen molar-refractivity contribution in [1.29, 1.82) is 0 Å². The molecule has 0 radical (unpaired) electrons. The Kier molecular flexibility index (Phi) is 4.90. The van der Waals surface area contributed by atoms with E-state index in [9.17, 15) is 8.42 Å². The van der Waals surface area contributed by atoms with Crippen molar-refractivity contribution >= 4 is 21.4 Å². The molecule has 7 heteroatoms. The fourth-order valence-electron chi connectivity index (χ4n) is 2.20. The maximum Gasteiger partial charge on any atom is 0.215 e. The van der Waals surface area contributed by atoms with Gasteiger partial charge in [-0.25, -0.2) is 13.1 Å². The normalized spacial score (nSPS) is 11.7. The van der Waals surface area contributed by atoms with Gasteiger partial charge in [-0.1, -0.05) is 36.4 Å². The summed E-state index contributed by atoms with van der Waals surface area (Å²) in [7, 11) is -3.33. The molecule has 0 aliphatic carbocycles. The van der Waals surface area contributed by atoms with Gasteiger partial charge in [0.25, 0.3) is 0 Å². The van der Waals surface area contributed by atoms with Gasteiger partial charge < -0.3 is 0 Å². The molecule has 0 spiro atoms. The lowest BCUT2D eigenvalue weighted by molar-refractivity contribution is 0.560. The average molecular weight is 347 g/mol. The number of thiophene rings is 1. The first-order chi connectivity index (χ1) is 11.1. The molecule has 0 saturated carbocycles. The second kappa shape index (κ2) is 7.08. The van der Waals surface area contributed by atoms with Crippen LogP contribution in [-0.4, -0.2) is 24.7 Å². The van der Waals surface area contributed by atoms with Crippen molar-refractivity contribution in [2.75, 3.05) is 6.54 Å².